The van der Waals surface area contributed by atoms with Gasteiger partial charge in [-0.15, -0.1) is 0 Å². The van der Waals surface area contributed by atoms with E-state index in [2.05, 4.69) is 9.88 Å². The smallest absolute Gasteiger partial charge is 0.340 e. The van der Waals surface area contributed by atoms with Gasteiger partial charge in [-0.1, -0.05) is 18.2 Å². The third-order valence-electron chi connectivity index (χ3n) is 4.38. The summed E-state index contributed by atoms with van der Waals surface area (Å²) in [6.45, 7) is 3.52. The highest BCUT2D eigenvalue weighted by Gasteiger charge is 2.28. The van der Waals surface area contributed by atoms with Crippen LogP contribution in [0.15, 0.2) is 30.3 Å². The van der Waals surface area contributed by atoms with Gasteiger partial charge in [0, 0.05) is 29.5 Å². The van der Waals surface area contributed by atoms with Gasteiger partial charge in [-0.05, 0) is 38.8 Å². The Morgan fingerprint density at radius 3 is 2.68 bits per heavy atom. The summed E-state index contributed by atoms with van der Waals surface area (Å²) in [7, 11) is 0. The van der Waals surface area contributed by atoms with Gasteiger partial charge in [-0.3, -0.25) is 4.79 Å². The van der Waals surface area contributed by atoms with Gasteiger partial charge < -0.3 is 14.6 Å². The molecule has 1 saturated carbocycles. The van der Waals surface area contributed by atoms with Crippen molar-refractivity contribution in [2.24, 2.45) is 0 Å². The average Bonchev–Trinajstić information content (AvgIpc) is 3.37. The Labute approximate surface area is 145 Å². The lowest BCUT2D eigenvalue weighted by molar-refractivity contribution is -0.124. The van der Waals surface area contributed by atoms with Crippen molar-refractivity contribution >= 4 is 11.9 Å². The molecular formula is C19H21FN2O3. The van der Waals surface area contributed by atoms with E-state index in [1.54, 1.807) is 24.3 Å². The molecule has 1 N–H and O–H groups in total. The van der Waals surface area contributed by atoms with Crippen molar-refractivity contribution in [3.8, 4) is 0 Å². The van der Waals surface area contributed by atoms with E-state index in [9.17, 15) is 14.0 Å². The van der Waals surface area contributed by atoms with E-state index >= 15 is 0 Å². The Morgan fingerprint density at radius 1 is 1.28 bits per heavy atom. The highest BCUT2D eigenvalue weighted by molar-refractivity contribution is 5.92. The van der Waals surface area contributed by atoms with E-state index in [0.29, 0.717) is 17.2 Å². The Morgan fingerprint density at radius 2 is 2.00 bits per heavy atom. The number of amides is 1. The zero-order valence-electron chi connectivity index (χ0n) is 14.3. The molecule has 0 saturated heterocycles. The summed E-state index contributed by atoms with van der Waals surface area (Å²) >= 11 is 0. The molecule has 0 unspecified atom stereocenters. The van der Waals surface area contributed by atoms with Crippen LogP contribution >= 0.6 is 0 Å². The number of benzene rings is 1. The van der Waals surface area contributed by atoms with Crippen LogP contribution in [0.1, 0.15) is 46.2 Å². The molecule has 1 fully saturated rings. The molecule has 1 aliphatic rings. The molecule has 0 radical (unpaired) electrons. The van der Waals surface area contributed by atoms with Crippen LogP contribution in [-0.4, -0.2) is 23.1 Å². The number of aryl methyl sites for hydroxylation is 1. The molecule has 1 aliphatic carbocycles. The normalized spacial score (nSPS) is 13.6. The van der Waals surface area contributed by atoms with Crippen molar-refractivity contribution in [3.05, 3.63) is 58.7 Å². The minimum Gasteiger partial charge on any atom is -0.452 e. The van der Waals surface area contributed by atoms with Gasteiger partial charge >= 0.3 is 5.97 Å². The molecule has 1 amide bonds. The molecular weight excluding hydrogens is 323 g/mol. The van der Waals surface area contributed by atoms with E-state index in [1.165, 1.54) is 6.07 Å². The number of rotatable bonds is 6. The number of ether oxygens (including phenoxy) is 1. The summed E-state index contributed by atoms with van der Waals surface area (Å²) in [4.78, 5) is 24.1. The van der Waals surface area contributed by atoms with Crippen LogP contribution in [-0.2, 0) is 16.1 Å². The first-order chi connectivity index (χ1) is 12.0. The van der Waals surface area contributed by atoms with Gasteiger partial charge in [0.25, 0.3) is 5.91 Å². The fraction of sp³-hybridized carbons (Fsp3) is 0.368. The molecule has 0 aliphatic heterocycles. The molecule has 1 aromatic heterocycles. The summed E-state index contributed by atoms with van der Waals surface area (Å²) in [6.07, 6.45) is 2.26. The lowest BCUT2D eigenvalue weighted by Gasteiger charge is -2.09. The van der Waals surface area contributed by atoms with Crippen LogP contribution in [0.25, 0.3) is 0 Å². The number of esters is 1. The number of hydrogen-bond acceptors (Lipinski definition) is 3. The van der Waals surface area contributed by atoms with Crippen LogP contribution in [0, 0.1) is 19.7 Å². The fourth-order valence-corrected chi connectivity index (χ4v) is 2.97. The third kappa shape index (κ3) is 3.90. The Kier molecular flexibility index (Phi) is 4.88. The van der Waals surface area contributed by atoms with Crippen LogP contribution in [0.3, 0.4) is 0 Å². The third-order valence-corrected chi connectivity index (χ3v) is 4.38. The van der Waals surface area contributed by atoms with Gasteiger partial charge in [0.2, 0.25) is 0 Å². The van der Waals surface area contributed by atoms with Gasteiger partial charge in [0.05, 0.1) is 5.56 Å². The van der Waals surface area contributed by atoms with Crippen LogP contribution < -0.4 is 5.32 Å². The molecule has 3 rings (SSSR count). The first-order valence-corrected chi connectivity index (χ1v) is 8.33. The van der Waals surface area contributed by atoms with Crippen molar-refractivity contribution < 1.29 is 18.7 Å². The molecule has 1 aromatic carbocycles. The predicted octanol–water partition coefficient (Wildman–Crippen LogP) is 3.05. The molecule has 0 atom stereocenters. The Hall–Kier alpha value is -2.63. The Bertz CT molecular complexity index is 809. The van der Waals surface area contributed by atoms with Gasteiger partial charge in [-0.25, -0.2) is 9.18 Å². The number of hydrogen-bond donors (Lipinski definition) is 1. The SMILES string of the molecule is Cc1cc(C(=O)OCC(=O)NCc2ccccc2F)c(C)n1C1CC1. The minimum atomic E-state index is -0.513. The Balaban J connectivity index is 1.53. The number of aromatic nitrogens is 1. The summed E-state index contributed by atoms with van der Waals surface area (Å²) < 4.78 is 20.7. The molecule has 6 heteroatoms. The zero-order chi connectivity index (χ0) is 18.0. The second-order valence-electron chi connectivity index (χ2n) is 6.33. The number of nitrogens with one attached hydrogen (secondary N) is 1. The van der Waals surface area contributed by atoms with E-state index in [0.717, 1.165) is 24.2 Å². The molecule has 25 heavy (non-hydrogen) atoms. The van der Waals surface area contributed by atoms with Gasteiger partial charge in [0.1, 0.15) is 5.82 Å². The average molecular weight is 344 g/mol. The van der Waals surface area contributed by atoms with Crippen LogP contribution in [0.5, 0.6) is 0 Å². The maximum atomic E-state index is 13.5. The standard InChI is InChI=1S/C19H21FN2O3/c1-12-9-16(13(2)22(12)15-7-8-15)19(24)25-11-18(23)21-10-14-5-3-4-6-17(14)20/h3-6,9,15H,7-8,10-11H2,1-2H3,(H,21,23). The number of halogens is 1. The highest BCUT2D eigenvalue weighted by Crippen LogP contribution is 2.38. The van der Waals surface area contributed by atoms with E-state index < -0.39 is 11.9 Å². The molecule has 5 nitrogen and oxygen atoms in total. The van der Waals surface area contributed by atoms with E-state index in [4.69, 9.17) is 4.74 Å². The number of carbonyl (C=O) groups excluding carboxylic acids is 2. The number of carbonyl (C=O) groups is 2. The molecule has 0 spiro atoms. The summed E-state index contributed by atoms with van der Waals surface area (Å²) in [5.41, 5.74) is 2.77. The van der Waals surface area contributed by atoms with Crippen molar-refractivity contribution in [2.75, 3.05) is 6.61 Å². The fourth-order valence-electron chi connectivity index (χ4n) is 2.97. The second kappa shape index (κ2) is 7.09. The van der Waals surface area contributed by atoms with Crippen molar-refractivity contribution in [2.45, 2.75) is 39.3 Å². The van der Waals surface area contributed by atoms with E-state index in [1.807, 2.05) is 13.8 Å². The minimum absolute atomic E-state index is 0.0548. The molecule has 132 valence electrons. The summed E-state index contributed by atoms with van der Waals surface area (Å²) in [5, 5.41) is 2.54. The van der Waals surface area contributed by atoms with E-state index in [-0.39, 0.29) is 19.0 Å². The van der Waals surface area contributed by atoms with Crippen molar-refractivity contribution in [3.63, 3.8) is 0 Å². The topological polar surface area (TPSA) is 60.3 Å². The summed E-state index contributed by atoms with van der Waals surface area (Å²) in [6, 6.07) is 8.48. The zero-order valence-corrected chi connectivity index (χ0v) is 14.3. The lowest BCUT2D eigenvalue weighted by Crippen LogP contribution is -2.28. The van der Waals surface area contributed by atoms with Crippen molar-refractivity contribution in [1.82, 2.24) is 9.88 Å². The lowest BCUT2D eigenvalue weighted by atomic mass is 10.2. The first kappa shape index (κ1) is 17.2. The van der Waals surface area contributed by atoms with Crippen LogP contribution in [0.4, 0.5) is 4.39 Å². The monoisotopic (exact) mass is 344 g/mol. The highest BCUT2D eigenvalue weighted by atomic mass is 19.1. The first-order valence-electron chi connectivity index (χ1n) is 8.33. The predicted molar refractivity (Wildman–Crippen MR) is 90.7 cm³/mol. The van der Waals surface area contributed by atoms with Gasteiger partial charge in [-0.2, -0.15) is 0 Å². The summed E-state index contributed by atoms with van der Waals surface area (Å²) in [5.74, 6) is -1.36. The quantitative estimate of drug-likeness (QED) is 0.820. The largest absolute Gasteiger partial charge is 0.452 e. The molecule has 1 heterocycles. The second-order valence-corrected chi connectivity index (χ2v) is 6.33. The van der Waals surface area contributed by atoms with Crippen molar-refractivity contribution in [1.29, 1.82) is 0 Å². The molecule has 0 bridgehead atoms. The van der Waals surface area contributed by atoms with Gasteiger partial charge in [0.15, 0.2) is 6.61 Å². The number of nitrogens with zero attached hydrogens (tertiary/aromatic N) is 1. The maximum Gasteiger partial charge on any atom is 0.340 e. The van der Waals surface area contributed by atoms with Crippen LogP contribution in [0.2, 0.25) is 0 Å². The molecule has 2 aromatic rings. The maximum absolute atomic E-state index is 13.5.